The van der Waals surface area contributed by atoms with Crippen molar-refractivity contribution in [1.29, 1.82) is 0 Å². The third kappa shape index (κ3) is 4.38. The maximum atomic E-state index is 11.9. The minimum absolute atomic E-state index is 0.0378. The highest BCUT2D eigenvalue weighted by Crippen LogP contribution is 2.14. The number of rotatable bonds is 4. The molecule has 0 saturated carbocycles. The Hall–Kier alpha value is -1.81. The zero-order valence-electron chi connectivity index (χ0n) is 12.0. The van der Waals surface area contributed by atoms with Crippen LogP contribution in [0, 0.1) is 0 Å². The molecule has 1 saturated heterocycles. The van der Waals surface area contributed by atoms with Gasteiger partial charge in [0.15, 0.2) is 0 Å². The number of benzene rings is 1. The normalized spacial score (nSPS) is 15.8. The lowest BCUT2D eigenvalue weighted by Gasteiger charge is -2.25. The van der Waals surface area contributed by atoms with Crippen LogP contribution >= 0.6 is 0 Å². The van der Waals surface area contributed by atoms with E-state index in [2.05, 4.69) is 0 Å². The van der Waals surface area contributed by atoms with Crippen LogP contribution in [0.2, 0.25) is 0 Å². The number of morpholine rings is 1. The Morgan fingerprint density at radius 1 is 1.25 bits per heavy atom. The van der Waals surface area contributed by atoms with Crippen molar-refractivity contribution in [3.05, 3.63) is 35.9 Å². The first-order valence-corrected chi connectivity index (χ1v) is 6.96. The molecule has 1 aromatic rings. The van der Waals surface area contributed by atoms with Gasteiger partial charge in [0, 0.05) is 19.2 Å². The molecule has 0 atom stereocenters. The number of hydrogen-bond acceptors (Lipinski definition) is 3. The van der Waals surface area contributed by atoms with E-state index < -0.39 is 0 Å². The smallest absolute Gasteiger partial charge is 0.246 e. The Morgan fingerprint density at radius 3 is 2.50 bits per heavy atom. The van der Waals surface area contributed by atoms with Crippen molar-refractivity contribution in [2.24, 2.45) is 0 Å². The van der Waals surface area contributed by atoms with Crippen LogP contribution in [0.25, 0.3) is 6.08 Å². The molecule has 4 heteroatoms. The number of nitrogens with zero attached hydrogens (tertiary/aromatic N) is 1. The summed E-state index contributed by atoms with van der Waals surface area (Å²) in [5.41, 5.74) is 0.989. The predicted molar refractivity (Wildman–Crippen MR) is 78.6 cm³/mol. The first-order valence-electron chi connectivity index (χ1n) is 6.96. The van der Waals surface area contributed by atoms with Crippen LogP contribution in [-0.4, -0.2) is 43.2 Å². The van der Waals surface area contributed by atoms with Crippen LogP contribution < -0.4 is 4.74 Å². The first kappa shape index (κ1) is 14.6. The Kier molecular flexibility index (Phi) is 5.18. The van der Waals surface area contributed by atoms with E-state index in [0.717, 1.165) is 11.3 Å². The topological polar surface area (TPSA) is 38.8 Å². The van der Waals surface area contributed by atoms with Crippen molar-refractivity contribution in [2.75, 3.05) is 26.3 Å². The molecule has 2 rings (SSSR count). The van der Waals surface area contributed by atoms with E-state index in [1.807, 2.05) is 44.2 Å². The van der Waals surface area contributed by atoms with Gasteiger partial charge in [-0.3, -0.25) is 4.79 Å². The maximum Gasteiger partial charge on any atom is 0.246 e. The highest BCUT2D eigenvalue weighted by atomic mass is 16.5. The molecule has 0 aliphatic carbocycles. The predicted octanol–water partition coefficient (Wildman–Crippen LogP) is 2.35. The molecular formula is C16H21NO3. The number of amides is 1. The molecule has 0 aromatic heterocycles. The second-order valence-electron chi connectivity index (χ2n) is 5.01. The minimum atomic E-state index is 0.0378. The van der Waals surface area contributed by atoms with Crippen LogP contribution in [0.1, 0.15) is 19.4 Å². The van der Waals surface area contributed by atoms with E-state index >= 15 is 0 Å². The zero-order valence-corrected chi connectivity index (χ0v) is 12.0. The number of hydrogen-bond donors (Lipinski definition) is 0. The van der Waals surface area contributed by atoms with E-state index in [9.17, 15) is 4.79 Å². The molecule has 0 spiro atoms. The van der Waals surface area contributed by atoms with Crippen LogP contribution in [0.5, 0.6) is 5.75 Å². The molecule has 1 heterocycles. The van der Waals surface area contributed by atoms with Gasteiger partial charge >= 0.3 is 0 Å². The molecule has 1 amide bonds. The zero-order chi connectivity index (χ0) is 14.4. The Labute approximate surface area is 120 Å². The standard InChI is InChI=1S/C16H21NO3/c1-13(2)20-15-6-3-14(4-7-15)5-8-16(18)17-9-11-19-12-10-17/h3-8,13H,9-12H2,1-2H3. The van der Waals surface area contributed by atoms with Gasteiger partial charge in [0.2, 0.25) is 5.91 Å². The van der Waals surface area contributed by atoms with E-state index in [-0.39, 0.29) is 12.0 Å². The van der Waals surface area contributed by atoms with Crippen LogP contribution in [0.3, 0.4) is 0 Å². The first-order chi connectivity index (χ1) is 9.65. The molecule has 1 aromatic carbocycles. The SMILES string of the molecule is CC(C)Oc1ccc(C=CC(=O)N2CCOCC2)cc1. The second kappa shape index (κ2) is 7.10. The molecule has 0 radical (unpaired) electrons. The van der Waals surface area contributed by atoms with Gasteiger partial charge in [0.25, 0.3) is 0 Å². The second-order valence-corrected chi connectivity index (χ2v) is 5.01. The van der Waals surface area contributed by atoms with Gasteiger partial charge in [0.1, 0.15) is 5.75 Å². The van der Waals surface area contributed by atoms with E-state index in [0.29, 0.717) is 26.3 Å². The quantitative estimate of drug-likeness (QED) is 0.792. The molecule has 1 aliphatic rings. The highest BCUT2D eigenvalue weighted by molar-refractivity contribution is 5.91. The summed E-state index contributed by atoms with van der Waals surface area (Å²) in [6.07, 6.45) is 3.61. The molecule has 1 fully saturated rings. The summed E-state index contributed by atoms with van der Waals surface area (Å²) in [6, 6.07) is 7.72. The fraction of sp³-hybridized carbons (Fsp3) is 0.438. The fourth-order valence-electron chi connectivity index (χ4n) is 1.99. The van der Waals surface area contributed by atoms with E-state index in [4.69, 9.17) is 9.47 Å². The summed E-state index contributed by atoms with van der Waals surface area (Å²) in [7, 11) is 0. The largest absolute Gasteiger partial charge is 0.491 e. The average molecular weight is 275 g/mol. The lowest BCUT2D eigenvalue weighted by atomic mass is 10.2. The van der Waals surface area contributed by atoms with Gasteiger partial charge < -0.3 is 14.4 Å². The maximum absolute atomic E-state index is 11.9. The highest BCUT2D eigenvalue weighted by Gasteiger charge is 2.13. The number of carbonyl (C=O) groups excluding carboxylic acids is 1. The van der Waals surface area contributed by atoms with Gasteiger partial charge in [-0.15, -0.1) is 0 Å². The third-order valence-electron chi connectivity index (χ3n) is 2.99. The lowest BCUT2D eigenvalue weighted by molar-refractivity contribution is -0.129. The van der Waals surface area contributed by atoms with Crippen LogP contribution in [-0.2, 0) is 9.53 Å². The minimum Gasteiger partial charge on any atom is -0.491 e. The molecule has 20 heavy (non-hydrogen) atoms. The molecular weight excluding hydrogens is 254 g/mol. The molecule has 1 aliphatic heterocycles. The summed E-state index contributed by atoms with van der Waals surface area (Å²) in [5.74, 6) is 0.882. The van der Waals surface area contributed by atoms with Crippen molar-refractivity contribution in [3.8, 4) is 5.75 Å². The van der Waals surface area contributed by atoms with Crippen molar-refractivity contribution in [2.45, 2.75) is 20.0 Å². The van der Waals surface area contributed by atoms with Crippen molar-refractivity contribution in [3.63, 3.8) is 0 Å². The Morgan fingerprint density at radius 2 is 1.90 bits per heavy atom. The van der Waals surface area contributed by atoms with Gasteiger partial charge in [0.05, 0.1) is 19.3 Å². The van der Waals surface area contributed by atoms with Gasteiger partial charge in [-0.2, -0.15) is 0 Å². The van der Waals surface area contributed by atoms with E-state index in [1.54, 1.807) is 11.0 Å². The molecule has 0 bridgehead atoms. The number of carbonyl (C=O) groups is 1. The fourth-order valence-corrected chi connectivity index (χ4v) is 1.99. The molecule has 4 nitrogen and oxygen atoms in total. The summed E-state index contributed by atoms with van der Waals surface area (Å²) < 4.78 is 10.8. The molecule has 108 valence electrons. The van der Waals surface area contributed by atoms with Crippen LogP contribution in [0.15, 0.2) is 30.3 Å². The lowest BCUT2D eigenvalue weighted by Crippen LogP contribution is -2.39. The molecule has 0 unspecified atom stereocenters. The Bertz CT molecular complexity index is 459. The summed E-state index contributed by atoms with van der Waals surface area (Å²) in [6.45, 7) is 6.58. The summed E-state index contributed by atoms with van der Waals surface area (Å²) >= 11 is 0. The summed E-state index contributed by atoms with van der Waals surface area (Å²) in [5, 5.41) is 0. The van der Waals surface area contributed by atoms with E-state index in [1.165, 1.54) is 0 Å². The van der Waals surface area contributed by atoms with Crippen molar-refractivity contribution >= 4 is 12.0 Å². The Balaban J connectivity index is 1.91. The molecule has 0 N–H and O–H groups in total. The van der Waals surface area contributed by atoms with Crippen molar-refractivity contribution < 1.29 is 14.3 Å². The van der Waals surface area contributed by atoms with Gasteiger partial charge in [-0.05, 0) is 37.6 Å². The third-order valence-corrected chi connectivity index (χ3v) is 2.99. The number of ether oxygens (including phenoxy) is 2. The van der Waals surface area contributed by atoms with Gasteiger partial charge in [-0.25, -0.2) is 0 Å². The summed E-state index contributed by atoms with van der Waals surface area (Å²) in [4.78, 5) is 13.7. The van der Waals surface area contributed by atoms with Gasteiger partial charge in [-0.1, -0.05) is 12.1 Å². The monoisotopic (exact) mass is 275 g/mol. The van der Waals surface area contributed by atoms with Crippen molar-refractivity contribution in [1.82, 2.24) is 4.90 Å². The average Bonchev–Trinajstić information content (AvgIpc) is 2.46. The van der Waals surface area contributed by atoms with Crippen LogP contribution in [0.4, 0.5) is 0 Å².